The topological polar surface area (TPSA) is 82.5 Å². The van der Waals surface area contributed by atoms with E-state index in [1.165, 1.54) is 12.8 Å². The summed E-state index contributed by atoms with van der Waals surface area (Å²) in [4.78, 5) is 46.2. The van der Waals surface area contributed by atoms with Crippen LogP contribution in [-0.4, -0.2) is 57.8 Å². The number of amides is 2. The smallest absolute Gasteiger partial charge is 0.254 e. The maximum absolute atomic E-state index is 13.5. The Morgan fingerprint density at radius 3 is 2.70 bits per heavy atom. The second-order valence-electron chi connectivity index (χ2n) is 9.80. The summed E-state index contributed by atoms with van der Waals surface area (Å²) in [7, 11) is 0. The number of aromatic nitrogens is 3. The summed E-state index contributed by atoms with van der Waals surface area (Å²) < 4.78 is 0. The molecule has 5 heterocycles. The van der Waals surface area contributed by atoms with Gasteiger partial charge in [0.25, 0.3) is 5.91 Å². The Hall–Kier alpha value is -3.03. The van der Waals surface area contributed by atoms with Gasteiger partial charge in [-0.05, 0) is 50.7 Å². The highest BCUT2D eigenvalue weighted by Crippen LogP contribution is 2.36. The summed E-state index contributed by atoms with van der Waals surface area (Å²) in [5.74, 6) is 2.68. The Kier molecular flexibility index (Phi) is 5.76. The van der Waals surface area contributed by atoms with E-state index in [1.54, 1.807) is 17.2 Å². The van der Waals surface area contributed by atoms with Gasteiger partial charge in [0.05, 0.1) is 12.5 Å². The maximum Gasteiger partial charge on any atom is 0.254 e. The number of fused-ring (bicyclic) bond motifs is 1. The van der Waals surface area contributed by atoms with Crippen molar-refractivity contribution in [2.45, 2.75) is 58.9 Å². The molecule has 2 aromatic rings. The molecule has 1 unspecified atom stereocenters. The highest BCUT2D eigenvalue weighted by atomic mass is 16.2. The summed E-state index contributed by atoms with van der Waals surface area (Å²) in [5.41, 5.74) is 2.42. The molecule has 3 aliphatic rings. The largest absolute Gasteiger partial charge is 0.357 e. The molecule has 2 fully saturated rings. The molecule has 8 nitrogen and oxygen atoms in total. The molecule has 0 bridgehead atoms. The van der Waals surface area contributed by atoms with Gasteiger partial charge in [0.1, 0.15) is 11.6 Å². The number of hydrogen-bond donors (Lipinski definition) is 0. The lowest BCUT2D eigenvalue weighted by Gasteiger charge is -2.26. The molecule has 2 amide bonds. The molecule has 2 saturated heterocycles. The molecule has 1 atom stereocenters. The molecule has 0 spiro atoms. The Morgan fingerprint density at radius 2 is 1.94 bits per heavy atom. The normalized spacial score (nSPS) is 20.3. The number of anilines is 2. The molecular formula is C25H32N6O2. The minimum absolute atomic E-state index is 0.00258. The van der Waals surface area contributed by atoms with Crippen LogP contribution in [0.1, 0.15) is 73.0 Å². The van der Waals surface area contributed by atoms with Gasteiger partial charge in [0.2, 0.25) is 5.91 Å². The van der Waals surface area contributed by atoms with Crippen molar-refractivity contribution in [3.8, 4) is 0 Å². The van der Waals surface area contributed by atoms with Gasteiger partial charge in [-0.2, -0.15) is 0 Å². The van der Waals surface area contributed by atoms with Crippen LogP contribution in [0.15, 0.2) is 18.3 Å². The fourth-order valence-corrected chi connectivity index (χ4v) is 5.21. The highest BCUT2D eigenvalue weighted by Gasteiger charge is 2.37. The van der Waals surface area contributed by atoms with E-state index in [0.29, 0.717) is 36.8 Å². The number of aryl methyl sites for hydroxylation is 1. The predicted molar refractivity (Wildman–Crippen MR) is 126 cm³/mol. The zero-order valence-corrected chi connectivity index (χ0v) is 19.8. The average Bonchev–Trinajstić information content (AvgIpc) is 3.55. The zero-order chi connectivity index (χ0) is 23.1. The van der Waals surface area contributed by atoms with E-state index in [-0.39, 0.29) is 17.9 Å². The Balaban J connectivity index is 1.43. The highest BCUT2D eigenvalue weighted by molar-refractivity contribution is 6.00. The summed E-state index contributed by atoms with van der Waals surface area (Å²) in [6, 6.07) is 3.54. The monoisotopic (exact) mass is 448 g/mol. The van der Waals surface area contributed by atoms with Crippen LogP contribution in [0, 0.1) is 12.8 Å². The fourth-order valence-electron chi connectivity index (χ4n) is 5.21. The lowest BCUT2D eigenvalue weighted by Crippen LogP contribution is -2.33. The lowest BCUT2D eigenvalue weighted by atomic mass is 10.1. The molecule has 2 aromatic heterocycles. The van der Waals surface area contributed by atoms with Gasteiger partial charge in [0.15, 0.2) is 5.82 Å². The van der Waals surface area contributed by atoms with Crippen molar-refractivity contribution in [3.63, 3.8) is 0 Å². The van der Waals surface area contributed by atoms with Crippen molar-refractivity contribution >= 4 is 23.5 Å². The van der Waals surface area contributed by atoms with E-state index in [4.69, 9.17) is 9.97 Å². The molecule has 0 saturated carbocycles. The number of carbonyl (C=O) groups is 2. The molecule has 0 N–H and O–H groups in total. The first-order valence-corrected chi connectivity index (χ1v) is 12.1. The number of nitrogens with zero attached hydrogens (tertiary/aromatic N) is 6. The number of rotatable bonds is 5. The van der Waals surface area contributed by atoms with Crippen LogP contribution in [0.2, 0.25) is 0 Å². The summed E-state index contributed by atoms with van der Waals surface area (Å²) in [6.45, 7) is 9.45. The van der Waals surface area contributed by atoms with Crippen LogP contribution in [0.3, 0.4) is 0 Å². The van der Waals surface area contributed by atoms with Crippen molar-refractivity contribution in [1.29, 1.82) is 0 Å². The third-order valence-corrected chi connectivity index (χ3v) is 6.88. The Labute approximate surface area is 195 Å². The number of likely N-dealkylation sites (tertiary alicyclic amines) is 1. The molecule has 33 heavy (non-hydrogen) atoms. The first-order chi connectivity index (χ1) is 15.9. The van der Waals surface area contributed by atoms with Crippen LogP contribution in [-0.2, 0) is 11.2 Å². The Bertz CT molecular complexity index is 1080. The minimum atomic E-state index is -0.179. The second kappa shape index (κ2) is 8.72. The van der Waals surface area contributed by atoms with Crippen LogP contribution in [0.4, 0.5) is 11.6 Å². The molecular weight excluding hydrogens is 416 g/mol. The van der Waals surface area contributed by atoms with Crippen LogP contribution in [0.25, 0.3) is 0 Å². The van der Waals surface area contributed by atoms with Crippen LogP contribution < -0.4 is 9.80 Å². The van der Waals surface area contributed by atoms with Gasteiger partial charge < -0.3 is 9.80 Å². The molecule has 0 aliphatic carbocycles. The Morgan fingerprint density at radius 1 is 1.15 bits per heavy atom. The van der Waals surface area contributed by atoms with Gasteiger partial charge in [0, 0.05) is 49.2 Å². The first kappa shape index (κ1) is 21.8. The number of hydrogen-bond acceptors (Lipinski definition) is 6. The van der Waals surface area contributed by atoms with E-state index in [9.17, 15) is 9.59 Å². The average molecular weight is 449 g/mol. The lowest BCUT2D eigenvalue weighted by molar-refractivity contribution is -0.117. The zero-order valence-electron chi connectivity index (χ0n) is 19.8. The summed E-state index contributed by atoms with van der Waals surface area (Å²) in [5, 5.41) is 0. The van der Waals surface area contributed by atoms with Crippen LogP contribution in [0.5, 0.6) is 0 Å². The molecule has 174 valence electrons. The fraction of sp³-hybridized carbons (Fsp3) is 0.560. The number of pyridine rings is 1. The molecule has 0 radical (unpaired) electrons. The number of carbonyl (C=O) groups excluding carboxylic acids is 2. The third kappa shape index (κ3) is 4.07. The van der Waals surface area contributed by atoms with Gasteiger partial charge in [-0.3, -0.25) is 14.5 Å². The van der Waals surface area contributed by atoms with E-state index in [1.807, 2.05) is 17.9 Å². The van der Waals surface area contributed by atoms with Gasteiger partial charge in [-0.25, -0.2) is 15.0 Å². The van der Waals surface area contributed by atoms with E-state index in [0.717, 1.165) is 48.8 Å². The molecule has 3 aliphatic heterocycles. The SMILES string of the molecule is Cc1nc(C2CCCN2C(=O)c2ccnc(N3CCCC3)c2)nc2c1CC(=O)N2CC(C)C. The summed E-state index contributed by atoms with van der Waals surface area (Å²) >= 11 is 0. The molecule has 5 rings (SSSR count). The van der Waals surface area contributed by atoms with Gasteiger partial charge in [-0.1, -0.05) is 13.8 Å². The predicted octanol–water partition coefficient (Wildman–Crippen LogP) is 3.30. The second-order valence-corrected chi connectivity index (χ2v) is 9.80. The third-order valence-electron chi connectivity index (χ3n) is 6.88. The quantitative estimate of drug-likeness (QED) is 0.698. The van der Waals surface area contributed by atoms with Crippen molar-refractivity contribution in [1.82, 2.24) is 19.9 Å². The molecule has 8 heteroatoms. The van der Waals surface area contributed by atoms with Gasteiger partial charge >= 0.3 is 0 Å². The van der Waals surface area contributed by atoms with Crippen molar-refractivity contribution in [2.24, 2.45) is 5.92 Å². The maximum atomic E-state index is 13.5. The van der Waals surface area contributed by atoms with Crippen molar-refractivity contribution in [3.05, 3.63) is 41.0 Å². The first-order valence-electron chi connectivity index (χ1n) is 12.1. The van der Waals surface area contributed by atoms with Crippen molar-refractivity contribution < 1.29 is 9.59 Å². The standard InChI is InChI=1S/C25H32N6O2/c1-16(2)15-31-22(32)14-19-17(3)27-23(28-24(19)31)20-7-6-12-30(20)25(33)18-8-9-26-21(13-18)29-10-4-5-11-29/h8-9,13,16,20H,4-7,10-12,14-15H2,1-3H3. The van der Waals surface area contributed by atoms with Crippen LogP contribution >= 0.6 is 0 Å². The van der Waals surface area contributed by atoms with E-state index >= 15 is 0 Å². The van der Waals surface area contributed by atoms with E-state index < -0.39 is 0 Å². The van der Waals surface area contributed by atoms with Crippen molar-refractivity contribution in [2.75, 3.05) is 36.0 Å². The van der Waals surface area contributed by atoms with E-state index in [2.05, 4.69) is 23.7 Å². The molecule has 0 aromatic carbocycles. The summed E-state index contributed by atoms with van der Waals surface area (Å²) in [6.07, 6.45) is 6.16. The van der Waals surface area contributed by atoms with Gasteiger partial charge in [-0.15, -0.1) is 0 Å². The minimum Gasteiger partial charge on any atom is -0.357 e.